The summed E-state index contributed by atoms with van der Waals surface area (Å²) in [6, 6.07) is 0.837. The Morgan fingerprint density at radius 1 is 0.944 bits per heavy atom. The molecule has 0 aromatic heterocycles. The summed E-state index contributed by atoms with van der Waals surface area (Å²) in [6.07, 6.45) is 14.2. The smallest absolute Gasteiger partial charge is 0.00672 e. The molecule has 1 nitrogen and oxygen atoms in total. The minimum Gasteiger partial charge on any atom is -0.314 e. The fourth-order valence-electron chi connectivity index (χ4n) is 3.11. The van der Waals surface area contributed by atoms with Gasteiger partial charge in [0.1, 0.15) is 0 Å². The van der Waals surface area contributed by atoms with Gasteiger partial charge in [0.15, 0.2) is 0 Å². The zero-order valence-corrected chi connectivity index (χ0v) is 13.0. The second kappa shape index (κ2) is 9.83. The Morgan fingerprint density at radius 3 is 2.22 bits per heavy atom. The number of nitrogens with one attached hydrogen (secondary N) is 1. The maximum Gasteiger partial charge on any atom is 0.00672 e. The second-order valence-electron chi connectivity index (χ2n) is 6.68. The molecule has 0 atom stereocenters. The molecule has 1 heteroatoms. The molecule has 18 heavy (non-hydrogen) atoms. The van der Waals surface area contributed by atoms with Gasteiger partial charge < -0.3 is 5.32 Å². The van der Waals surface area contributed by atoms with Gasteiger partial charge in [-0.3, -0.25) is 0 Å². The van der Waals surface area contributed by atoms with Crippen LogP contribution in [0.2, 0.25) is 0 Å². The predicted molar refractivity (Wildman–Crippen MR) is 82.0 cm³/mol. The van der Waals surface area contributed by atoms with E-state index in [-0.39, 0.29) is 0 Å². The molecule has 1 fully saturated rings. The summed E-state index contributed by atoms with van der Waals surface area (Å²) in [4.78, 5) is 0. The summed E-state index contributed by atoms with van der Waals surface area (Å²) in [7, 11) is 0. The van der Waals surface area contributed by atoms with Crippen LogP contribution < -0.4 is 5.32 Å². The minimum atomic E-state index is 0.837. The SMILES string of the molecule is CCC1CCC(NCCCCCCC(C)C)CC1. The van der Waals surface area contributed by atoms with Crippen LogP contribution in [-0.2, 0) is 0 Å². The van der Waals surface area contributed by atoms with Crippen molar-refractivity contribution in [1.82, 2.24) is 5.32 Å². The first-order valence-corrected chi connectivity index (χ1v) is 8.45. The van der Waals surface area contributed by atoms with Crippen LogP contribution in [0.4, 0.5) is 0 Å². The zero-order chi connectivity index (χ0) is 13.2. The molecule has 0 bridgehead atoms. The van der Waals surface area contributed by atoms with E-state index in [1.54, 1.807) is 0 Å². The van der Waals surface area contributed by atoms with E-state index in [9.17, 15) is 0 Å². The molecule has 108 valence electrons. The maximum absolute atomic E-state index is 3.77. The summed E-state index contributed by atoms with van der Waals surface area (Å²) in [6.45, 7) is 8.25. The summed E-state index contributed by atoms with van der Waals surface area (Å²) >= 11 is 0. The van der Waals surface area contributed by atoms with Gasteiger partial charge in [-0.15, -0.1) is 0 Å². The highest BCUT2D eigenvalue weighted by molar-refractivity contribution is 4.76. The Morgan fingerprint density at radius 2 is 1.61 bits per heavy atom. The van der Waals surface area contributed by atoms with Crippen LogP contribution >= 0.6 is 0 Å². The van der Waals surface area contributed by atoms with Crippen LogP contribution in [0.5, 0.6) is 0 Å². The average Bonchev–Trinajstić information content (AvgIpc) is 2.38. The van der Waals surface area contributed by atoms with Crippen molar-refractivity contribution in [3.8, 4) is 0 Å². The van der Waals surface area contributed by atoms with Gasteiger partial charge in [0.05, 0.1) is 0 Å². The first-order valence-electron chi connectivity index (χ1n) is 8.45. The Labute approximate surface area is 115 Å². The van der Waals surface area contributed by atoms with Gasteiger partial charge in [-0.1, -0.05) is 52.9 Å². The standard InChI is InChI=1S/C17H35N/c1-4-16-10-12-17(13-11-16)18-14-8-6-5-7-9-15(2)3/h15-18H,4-14H2,1-3H3. The third-order valence-electron chi connectivity index (χ3n) is 4.57. The van der Waals surface area contributed by atoms with E-state index in [1.807, 2.05) is 0 Å². The topological polar surface area (TPSA) is 12.0 Å². The van der Waals surface area contributed by atoms with E-state index in [0.717, 1.165) is 17.9 Å². The van der Waals surface area contributed by atoms with Crippen molar-refractivity contribution >= 4 is 0 Å². The van der Waals surface area contributed by atoms with Crippen LogP contribution in [0.25, 0.3) is 0 Å². The third-order valence-corrected chi connectivity index (χ3v) is 4.57. The number of unbranched alkanes of at least 4 members (excludes halogenated alkanes) is 3. The van der Waals surface area contributed by atoms with Crippen molar-refractivity contribution in [3.05, 3.63) is 0 Å². The molecule has 0 radical (unpaired) electrons. The zero-order valence-electron chi connectivity index (χ0n) is 13.0. The molecule has 0 spiro atoms. The Hall–Kier alpha value is -0.0400. The molecule has 1 N–H and O–H groups in total. The normalized spacial score (nSPS) is 24.7. The predicted octanol–water partition coefficient (Wildman–Crippen LogP) is 5.15. The van der Waals surface area contributed by atoms with Crippen LogP contribution in [0.1, 0.15) is 85.0 Å². The fourth-order valence-corrected chi connectivity index (χ4v) is 3.11. The van der Waals surface area contributed by atoms with Crippen molar-refractivity contribution in [3.63, 3.8) is 0 Å². The lowest BCUT2D eigenvalue weighted by Gasteiger charge is -2.28. The van der Waals surface area contributed by atoms with Crippen LogP contribution in [0.15, 0.2) is 0 Å². The van der Waals surface area contributed by atoms with Crippen molar-refractivity contribution < 1.29 is 0 Å². The molecule has 0 amide bonds. The average molecular weight is 253 g/mol. The Kier molecular flexibility index (Phi) is 8.75. The van der Waals surface area contributed by atoms with Crippen LogP contribution in [0, 0.1) is 11.8 Å². The number of rotatable bonds is 9. The minimum absolute atomic E-state index is 0.837. The fraction of sp³-hybridized carbons (Fsp3) is 1.00. The first-order chi connectivity index (χ1) is 8.72. The van der Waals surface area contributed by atoms with Crippen LogP contribution in [0.3, 0.4) is 0 Å². The molecule has 1 rings (SSSR count). The van der Waals surface area contributed by atoms with Crippen molar-refractivity contribution in [2.24, 2.45) is 11.8 Å². The van der Waals surface area contributed by atoms with Crippen molar-refractivity contribution in [2.45, 2.75) is 91.0 Å². The number of hydrogen-bond acceptors (Lipinski definition) is 1. The van der Waals surface area contributed by atoms with E-state index in [0.29, 0.717) is 0 Å². The molecular formula is C17H35N. The first kappa shape index (κ1) is 16.0. The maximum atomic E-state index is 3.77. The molecule has 1 aliphatic rings. The van der Waals surface area contributed by atoms with Crippen LogP contribution in [-0.4, -0.2) is 12.6 Å². The van der Waals surface area contributed by atoms with Gasteiger partial charge in [0, 0.05) is 6.04 Å². The lowest BCUT2D eigenvalue weighted by molar-refractivity contribution is 0.285. The lowest BCUT2D eigenvalue weighted by atomic mass is 9.84. The quantitative estimate of drug-likeness (QED) is 0.560. The summed E-state index contributed by atoms with van der Waals surface area (Å²) in [5.41, 5.74) is 0. The summed E-state index contributed by atoms with van der Waals surface area (Å²) in [5, 5.41) is 3.77. The van der Waals surface area contributed by atoms with Gasteiger partial charge >= 0.3 is 0 Å². The van der Waals surface area contributed by atoms with E-state index < -0.39 is 0 Å². The van der Waals surface area contributed by atoms with Gasteiger partial charge in [0.25, 0.3) is 0 Å². The van der Waals surface area contributed by atoms with Crippen molar-refractivity contribution in [2.75, 3.05) is 6.54 Å². The summed E-state index contributed by atoms with van der Waals surface area (Å²) in [5.74, 6) is 1.91. The summed E-state index contributed by atoms with van der Waals surface area (Å²) < 4.78 is 0. The van der Waals surface area contributed by atoms with E-state index in [2.05, 4.69) is 26.1 Å². The molecule has 0 unspecified atom stereocenters. The van der Waals surface area contributed by atoms with Gasteiger partial charge in [-0.05, 0) is 50.5 Å². The van der Waals surface area contributed by atoms with Gasteiger partial charge in [0.2, 0.25) is 0 Å². The molecule has 0 aromatic carbocycles. The monoisotopic (exact) mass is 253 g/mol. The Balaban J connectivity index is 1.86. The van der Waals surface area contributed by atoms with E-state index in [4.69, 9.17) is 0 Å². The molecule has 1 saturated carbocycles. The van der Waals surface area contributed by atoms with Gasteiger partial charge in [-0.25, -0.2) is 0 Å². The largest absolute Gasteiger partial charge is 0.314 e. The number of hydrogen-bond donors (Lipinski definition) is 1. The molecule has 0 aromatic rings. The molecule has 0 saturated heterocycles. The lowest BCUT2D eigenvalue weighted by Crippen LogP contribution is -2.33. The highest BCUT2D eigenvalue weighted by atomic mass is 14.9. The van der Waals surface area contributed by atoms with Crippen molar-refractivity contribution in [1.29, 1.82) is 0 Å². The third kappa shape index (κ3) is 7.41. The second-order valence-corrected chi connectivity index (χ2v) is 6.68. The molecule has 1 aliphatic carbocycles. The Bertz CT molecular complexity index is 180. The molecule has 0 heterocycles. The molecule has 0 aliphatic heterocycles. The van der Waals surface area contributed by atoms with Gasteiger partial charge in [-0.2, -0.15) is 0 Å². The highest BCUT2D eigenvalue weighted by Gasteiger charge is 2.18. The molecular weight excluding hydrogens is 218 g/mol. The highest BCUT2D eigenvalue weighted by Crippen LogP contribution is 2.26. The van der Waals surface area contributed by atoms with E-state index >= 15 is 0 Å². The van der Waals surface area contributed by atoms with E-state index in [1.165, 1.54) is 70.8 Å².